The van der Waals surface area contributed by atoms with E-state index in [0.29, 0.717) is 6.04 Å². The van der Waals surface area contributed by atoms with Gasteiger partial charge in [-0.15, -0.1) is 0 Å². The number of halogens is 1. The standard InChI is InChI=1S/C13H20BrNOS/c1-3-13(15-8-5-9-17(2)16)11-6-4-7-12(14)10-11/h4,6-7,10,13,15H,3,5,8-9H2,1-2H3. The average molecular weight is 318 g/mol. The minimum absolute atomic E-state index is 0.387. The summed E-state index contributed by atoms with van der Waals surface area (Å²) < 4.78 is 12.1. The van der Waals surface area contributed by atoms with E-state index in [1.807, 2.05) is 6.07 Å². The Balaban J connectivity index is 2.45. The lowest BCUT2D eigenvalue weighted by Gasteiger charge is -2.17. The van der Waals surface area contributed by atoms with Gasteiger partial charge in [0.25, 0.3) is 0 Å². The van der Waals surface area contributed by atoms with Gasteiger partial charge in [0.15, 0.2) is 0 Å². The van der Waals surface area contributed by atoms with E-state index >= 15 is 0 Å². The van der Waals surface area contributed by atoms with Crippen LogP contribution < -0.4 is 5.32 Å². The summed E-state index contributed by atoms with van der Waals surface area (Å²) in [6, 6.07) is 8.78. The van der Waals surface area contributed by atoms with Gasteiger partial charge in [-0.25, -0.2) is 0 Å². The molecule has 0 aromatic heterocycles. The number of hydrogen-bond donors (Lipinski definition) is 1. The molecule has 0 aliphatic rings. The monoisotopic (exact) mass is 317 g/mol. The van der Waals surface area contributed by atoms with Crippen LogP contribution in [0.4, 0.5) is 0 Å². The molecule has 2 atom stereocenters. The number of rotatable bonds is 7. The van der Waals surface area contributed by atoms with Crippen LogP contribution in [-0.4, -0.2) is 22.8 Å². The predicted octanol–water partition coefficient (Wildman–Crippen LogP) is 3.26. The van der Waals surface area contributed by atoms with Gasteiger partial charge in [-0.2, -0.15) is 0 Å². The summed E-state index contributed by atoms with van der Waals surface area (Å²) in [4.78, 5) is 0. The van der Waals surface area contributed by atoms with Crippen molar-refractivity contribution in [2.75, 3.05) is 18.6 Å². The molecular formula is C13H20BrNOS. The largest absolute Gasteiger partial charge is 0.310 e. The molecular weight excluding hydrogens is 298 g/mol. The third-order valence-corrected chi connectivity index (χ3v) is 4.02. The van der Waals surface area contributed by atoms with E-state index in [0.717, 1.165) is 29.6 Å². The third kappa shape index (κ3) is 5.80. The Bertz CT molecular complexity index is 370. The van der Waals surface area contributed by atoms with Gasteiger partial charge in [-0.05, 0) is 37.1 Å². The predicted molar refractivity (Wildman–Crippen MR) is 78.7 cm³/mol. The van der Waals surface area contributed by atoms with E-state index in [4.69, 9.17) is 0 Å². The fraction of sp³-hybridized carbons (Fsp3) is 0.538. The molecule has 4 heteroatoms. The first kappa shape index (κ1) is 14.9. The minimum Gasteiger partial charge on any atom is -0.310 e. The maximum atomic E-state index is 10.9. The molecule has 0 aliphatic carbocycles. The van der Waals surface area contributed by atoms with Crippen molar-refractivity contribution in [2.45, 2.75) is 25.8 Å². The molecule has 1 N–H and O–H groups in total. The van der Waals surface area contributed by atoms with Crippen molar-refractivity contribution >= 4 is 26.7 Å². The molecule has 0 saturated carbocycles. The fourth-order valence-electron chi connectivity index (χ4n) is 1.77. The Morgan fingerprint density at radius 2 is 2.24 bits per heavy atom. The van der Waals surface area contributed by atoms with Crippen LogP contribution in [0, 0.1) is 0 Å². The molecule has 1 aromatic rings. The highest BCUT2D eigenvalue weighted by Crippen LogP contribution is 2.20. The molecule has 1 rings (SSSR count). The van der Waals surface area contributed by atoms with Gasteiger partial charge < -0.3 is 5.32 Å². The first-order chi connectivity index (χ1) is 8.13. The van der Waals surface area contributed by atoms with Crippen molar-refractivity contribution in [1.29, 1.82) is 0 Å². The molecule has 0 bridgehead atoms. The van der Waals surface area contributed by atoms with Crippen LogP contribution in [0.5, 0.6) is 0 Å². The second-order valence-electron chi connectivity index (χ2n) is 4.10. The summed E-state index contributed by atoms with van der Waals surface area (Å²) in [6.07, 6.45) is 3.78. The molecule has 17 heavy (non-hydrogen) atoms. The van der Waals surface area contributed by atoms with Crippen LogP contribution in [0.2, 0.25) is 0 Å². The third-order valence-electron chi connectivity index (χ3n) is 2.66. The molecule has 0 radical (unpaired) electrons. The van der Waals surface area contributed by atoms with Crippen LogP contribution in [0.3, 0.4) is 0 Å². The van der Waals surface area contributed by atoms with Gasteiger partial charge in [-0.1, -0.05) is 35.0 Å². The van der Waals surface area contributed by atoms with Gasteiger partial charge in [0.05, 0.1) is 0 Å². The van der Waals surface area contributed by atoms with Crippen molar-refractivity contribution in [3.05, 3.63) is 34.3 Å². The van der Waals surface area contributed by atoms with Gasteiger partial charge in [-0.3, -0.25) is 4.21 Å². The molecule has 0 fully saturated rings. The molecule has 2 unspecified atom stereocenters. The van der Waals surface area contributed by atoms with Crippen LogP contribution in [0.15, 0.2) is 28.7 Å². The smallest absolute Gasteiger partial charge is 0.0318 e. The maximum Gasteiger partial charge on any atom is 0.0318 e. The summed E-state index contributed by atoms with van der Waals surface area (Å²) in [5.74, 6) is 0.780. The quantitative estimate of drug-likeness (QED) is 0.782. The topological polar surface area (TPSA) is 29.1 Å². The first-order valence-electron chi connectivity index (χ1n) is 5.92. The van der Waals surface area contributed by atoms with Gasteiger partial charge in [0.1, 0.15) is 0 Å². The lowest BCUT2D eigenvalue weighted by Crippen LogP contribution is -2.23. The van der Waals surface area contributed by atoms with Gasteiger partial charge >= 0.3 is 0 Å². The van der Waals surface area contributed by atoms with Crippen molar-refractivity contribution in [3.8, 4) is 0 Å². The second kappa shape index (κ2) is 8.01. The Kier molecular flexibility index (Phi) is 7.00. The molecule has 0 amide bonds. The number of benzene rings is 1. The summed E-state index contributed by atoms with van der Waals surface area (Å²) in [7, 11) is -0.678. The van der Waals surface area contributed by atoms with E-state index in [1.54, 1.807) is 6.26 Å². The van der Waals surface area contributed by atoms with Crippen molar-refractivity contribution in [1.82, 2.24) is 5.32 Å². The van der Waals surface area contributed by atoms with Crippen LogP contribution in [0.25, 0.3) is 0 Å². The van der Waals surface area contributed by atoms with Crippen LogP contribution in [0.1, 0.15) is 31.4 Å². The molecule has 1 aromatic carbocycles. The Hall–Kier alpha value is -0.190. The minimum atomic E-state index is -0.678. The molecule has 2 nitrogen and oxygen atoms in total. The van der Waals surface area contributed by atoms with E-state index < -0.39 is 10.8 Å². The lowest BCUT2D eigenvalue weighted by atomic mass is 10.0. The average Bonchev–Trinajstić information content (AvgIpc) is 2.29. The maximum absolute atomic E-state index is 10.9. The Morgan fingerprint density at radius 3 is 2.82 bits per heavy atom. The van der Waals surface area contributed by atoms with Gasteiger partial charge in [0.2, 0.25) is 0 Å². The second-order valence-corrected chi connectivity index (χ2v) is 6.57. The van der Waals surface area contributed by atoms with Crippen molar-refractivity contribution < 1.29 is 4.21 Å². The fourth-order valence-corrected chi connectivity index (χ4v) is 2.74. The van der Waals surface area contributed by atoms with E-state index in [1.165, 1.54) is 5.56 Å². The van der Waals surface area contributed by atoms with E-state index in [2.05, 4.69) is 46.4 Å². The Morgan fingerprint density at radius 1 is 1.47 bits per heavy atom. The lowest BCUT2D eigenvalue weighted by molar-refractivity contribution is 0.518. The molecule has 0 heterocycles. The summed E-state index contributed by atoms with van der Waals surface area (Å²) in [6.45, 7) is 3.10. The summed E-state index contributed by atoms with van der Waals surface area (Å²) in [5, 5.41) is 3.51. The normalized spacial score (nSPS) is 14.5. The van der Waals surface area contributed by atoms with E-state index in [9.17, 15) is 4.21 Å². The van der Waals surface area contributed by atoms with Crippen molar-refractivity contribution in [3.63, 3.8) is 0 Å². The zero-order chi connectivity index (χ0) is 12.7. The zero-order valence-electron chi connectivity index (χ0n) is 10.4. The Labute approximate surface area is 115 Å². The molecule has 0 aliphatic heterocycles. The van der Waals surface area contributed by atoms with Crippen molar-refractivity contribution in [2.24, 2.45) is 0 Å². The van der Waals surface area contributed by atoms with Gasteiger partial charge in [0, 0.05) is 33.3 Å². The molecule has 0 saturated heterocycles. The summed E-state index contributed by atoms with van der Waals surface area (Å²) >= 11 is 3.49. The first-order valence-corrected chi connectivity index (χ1v) is 8.44. The highest BCUT2D eigenvalue weighted by Gasteiger charge is 2.08. The number of nitrogens with one attached hydrogen (secondary N) is 1. The zero-order valence-corrected chi connectivity index (χ0v) is 12.8. The number of hydrogen-bond acceptors (Lipinski definition) is 2. The van der Waals surface area contributed by atoms with Crippen LogP contribution in [-0.2, 0) is 10.8 Å². The highest BCUT2D eigenvalue weighted by atomic mass is 79.9. The van der Waals surface area contributed by atoms with E-state index in [-0.39, 0.29) is 0 Å². The molecule has 0 spiro atoms. The van der Waals surface area contributed by atoms with Crippen LogP contribution >= 0.6 is 15.9 Å². The molecule has 96 valence electrons. The highest BCUT2D eigenvalue weighted by molar-refractivity contribution is 9.10. The SMILES string of the molecule is CCC(NCCCS(C)=O)c1cccc(Br)c1. The summed E-state index contributed by atoms with van der Waals surface area (Å²) in [5.41, 5.74) is 1.31.